The summed E-state index contributed by atoms with van der Waals surface area (Å²) in [5, 5.41) is 6.99. The molecule has 10 heteroatoms. The summed E-state index contributed by atoms with van der Waals surface area (Å²) < 4.78 is 29.2. The molecule has 0 bridgehead atoms. The number of carbonyl (C=O) groups excluding carboxylic acids is 1. The van der Waals surface area contributed by atoms with E-state index < -0.39 is 10.0 Å². The third kappa shape index (κ3) is 3.92. The van der Waals surface area contributed by atoms with Gasteiger partial charge in [0.15, 0.2) is 0 Å². The first-order valence-electron chi connectivity index (χ1n) is 8.09. The molecule has 2 heterocycles. The fourth-order valence-electron chi connectivity index (χ4n) is 2.80. The van der Waals surface area contributed by atoms with Crippen LogP contribution in [0.1, 0.15) is 5.69 Å². The standard InChI is InChI=1S/C16H20BrN5O3S/c1-12-11-15(20(2)19-12)18-16(23)21-7-9-22(10-8-21)26(24,25)14-5-3-13(17)4-6-14/h3-6,11H,7-10H2,1-2H3,(H,18,23). The van der Waals surface area contributed by atoms with Crippen LogP contribution in [-0.4, -0.2) is 59.6 Å². The van der Waals surface area contributed by atoms with E-state index in [9.17, 15) is 13.2 Å². The van der Waals surface area contributed by atoms with Gasteiger partial charge in [-0.15, -0.1) is 0 Å². The quantitative estimate of drug-likeness (QED) is 0.788. The van der Waals surface area contributed by atoms with Gasteiger partial charge in [-0.3, -0.25) is 10.00 Å². The lowest BCUT2D eigenvalue weighted by Crippen LogP contribution is -2.51. The number of hydrogen-bond acceptors (Lipinski definition) is 4. The van der Waals surface area contributed by atoms with E-state index in [1.165, 1.54) is 4.31 Å². The molecule has 140 valence electrons. The van der Waals surface area contributed by atoms with Crippen LogP contribution < -0.4 is 5.32 Å². The molecule has 2 aromatic rings. The molecule has 1 saturated heterocycles. The molecule has 1 aliphatic heterocycles. The number of benzene rings is 1. The molecule has 0 spiro atoms. The van der Waals surface area contributed by atoms with Crippen LogP contribution >= 0.6 is 15.9 Å². The zero-order valence-electron chi connectivity index (χ0n) is 14.5. The minimum Gasteiger partial charge on any atom is -0.322 e. The van der Waals surface area contributed by atoms with Crippen LogP contribution in [0.15, 0.2) is 39.7 Å². The predicted molar refractivity (Wildman–Crippen MR) is 101 cm³/mol. The number of amides is 2. The molecule has 8 nitrogen and oxygen atoms in total. The van der Waals surface area contributed by atoms with Gasteiger partial charge in [-0.25, -0.2) is 13.2 Å². The fraction of sp³-hybridized carbons (Fsp3) is 0.375. The Labute approximate surface area is 161 Å². The Morgan fingerprint density at radius 3 is 2.31 bits per heavy atom. The lowest BCUT2D eigenvalue weighted by atomic mass is 10.4. The Bertz CT molecular complexity index is 902. The van der Waals surface area contributed by atoms with Gasteiger partial charge in [-0.05, 0) is 31.2 Å². The number of urea groups is 1. The molecule has 1 aliphatic rings. The van der Waals surface area contributed by atoms with Crippen LogP contribution in [0.5, 0.6) is 0 Å². The number of aryl methyl sites for hydroxylation is 2. The molecular formula is C16H20BrN5O3S. The van der Waals surface area contributed by atoms with Gasteiger partial charge < -0.3 is 4.90 Å². The van der Waals surface area contributed by atoms with Crippen LogP contribution in [0.3, 0.4) is 0 Å². The van der Waals surface area contributed by atoms with Crippen molar-refractivity contribution >= 4 is 37.8 Å². The van der Waals surface area contributed by atoms with E-state index in [0.29, 0.717) is 18.9 Å². The van der Waals surface area contributed by atoms with Crippen molar-refractivity contribution in [2.45, 2.75) is 11.8 Å². The first kappa shape index (κ1) is 18.9. The smallest absolute Gasteiger partial charge is 0.322 e. The van der Waals surface area contributed by atoms with Crippen LogP contribution in [0.4, 0.5) is 10.6 Å². The average molecular weight is 442 g/mol. The summed E-state index contributed by atoms with van der Waals surface area (Å²) in [6.07, 6.45) is 0. The molecular weight excluding hydrogens is 422 g/mol. The van der Waals surface area contributed by atoms with Crippen molar-refractivity contribution in [1.29, 1.82) is 0 Å². The lowest BCUT2D eigenvalue weighted by Gasteiger charge is -2.33. The molecule has 1 aromatic heterocycles. The molecule has 0 aliphatic carbocycles. The van der Waals surface area contributed by atoms with Gasteiger partial charge in [0.1, 0.15) is 5.82 Å². The van der Waals surface area contributed by atoms with Gasteiger partial charge in [0.25, 0.3) is 0 Å². The number of halogens is 1. The number of nitrogens with one attached hydrogen (secondary N) is 1. The summed E-state index contributed by atoms with van der Waals surface area (Å²) in [5.74, 6) is 0.609. The molecule has 1 aromatic carbocycles. The van der Waals surface area contributed by atoms with Gasteiger partial charge in [-0.1, -0.05) is 15.9 Å². The van der Waals surface area contributed by atoms with Crippen molar-refractivity contribution in [3.05, 3.63) is 40.5 Å². The first-order chi connectivity index (χ1) is 12.3. The molecule has 3 rings (SSSR count). The second kappa shape index (κ2) is 7.37. The SMILES string of the molecule is Cc1cc(NC(=O)N2CCN(S(=O)(=O)c3ccc(Br)cc3)CC2)n(C)n1. The predicted octanol–water partition coefficient (Wildman–Crippen LogP) is 2.03. The van der Waals surface area contributed by atoms with Crippen molar-refractivity contribution < 1.29 is 13.2 Å². The Balaban J connectivity index is 1.62. The number of piperazine rings is 1. The fourth-order valence-corrected chi connectivity index (χ4v) is 4.49. The van der Waals surface area contributed by atoms with Gasteiger partial charge in [0.05, 0.1) is 10.6 Å². The number of aromatic nitrogens is 2. The number of hydrogen-bond donors (Lipinski definition) is 1. The highest BCUT2D eigenvalue weighted by Gasteiger charge is 2.30. The van der Waals surface area contributed by atoms with Gasteiger partial charge >= 0.3 is 6.03 Å². The minimum atomic E-state index is -3.55. The zero-order valence-corrected chi connectivity index (χ0v) is 16.9. The molecule has 1 fully saturated rings. The van der Waals surface area contributed by atoms with Crippen LogP contribution in [-0.2, 0) is 17.1 Å². The van der Waals surface area contributed by atoms with Crippen LogP contribution in [0, 0.1) is 6.92 Å². The van der Waals surface area contributed by atoms with E-state index >= 15 is 0 Å². The van der Waals surface area contributed by atoms with E-state index in [1.54, 1.807) is 47.0 Å². The van der Waals surface area contributed by atoms with E-state index in [0.717, 1.165) is 10.2 Å². The minimum absolute atomic E-state index is 0.254. The van der Waals surface area contributed by atoms with Crippen LogP contribution in [0.25, 0.3) is 0 Å². The van der Waals surface area contributed by atoms with Crippen molar-refractivity contribution in [2.75, 3.05) is 31.5 Å². The molecule has 2 amide bonds. The van der Waals surface area contributed by atoms with Crippen molar-refractivity contribution in [1.82, 2.24) is 19.0 Å². The lowest BCUT2D eigenvalue weighted by molar-refractivity contribution is 0.184. The molecule has 0 unspecified atom stereocenters. The Kier molecular flexibility index (Phi) is 5.35. The Morgan fingerprint density at radius 1 is 1.15 bits per heavy atom. The number of anilines is 1. The summed E-state index contributed by atoms with van der Waals surface area (Å²) in [6, 6.07) is 8.08. The number of sulfonamides is 1. The second-order valence-corrected chi connectivity index (χ2v) is 8.92. The van der Waals surface area contributed by atoms with Crippen LogP contribution in [0.2, 0.25) is 0 Å². The summed E-state index contributed by atoms with van der Waals surface area (Å²) in [6.45, 7) is 3.03. The molecule has 0 atom stereocenters. The van der Waals surface area contributed by atoms with Crippen molar-refractivity contribution in [2.24, 2.45) is 7.05 Å². The summed E-state index contributed by atoms with van der Waals surface area (Å²) >= 11 is 3.30. The summed E-state index contributed by atoms with van der Waals surface area (Å²) in [7, 11) is -1.79. The van der Waals surface area contributed by atoms with Gasteiger partial charge in [0.2, 0.25) is 10.0 Å². The summed E-state index contributed by atoms with van der Waals surface area (Å²) in [4.78, 5) is 14.3. The van der Waals surface area contributed by atoms with E-state index in [4.69, 9.17) is 0 Å². The van der Waals surface area contributed by atoms with E-state index in [-0.39, 0.29) is 24.0 Å². The van der Waals surface area contributed by atoms with Gasteiger partial charge in [0, 0.05) is 43.8 Å². The molecule has 0 saturated carbocycles. The maximum absolute atomic E-state index is 12.7. The summed E-state index contributed by atoms with van der Waals surface area (Å²) in [5.41, 5.74) is 0.813. The monoisotopic (exact) mass is 441 g/mol. The highest BCUT2D eigenvalue weighted by molar-refractivity contribution is 9.10. The zero-order chi connectivity index (χ0) is 18.9. The number of carbonyl (C=O) groups is 1. The van der Waals surface area contributed by atoms with E-state index in [1.807, 2.05) is 6.92 Å². The molecule has 0 radical (unpaired) electrons. The number of nitrogens with zero attached hydrogens (tertiary/aromatic N) is 4. The van der Waals surface area contributed by atoms with Crippen molar-refractivity contribution in [3.63, 3.8) is 0 Å². The van der Waals surface area contributed by atoms with Crippen molar-refractivity contribution in [3.8, 4) is 0 Å². The van der Waals surface area contributed by atoms with Gasteiger partial charge in [-0.2, -0.15) is 9.40 Å². The average Bonchev–Trinajstić information content (AvgIpc) is 2.92. The molecule has 1 N–H and O–H groups in total. The molecule has 26 heavy (non-hydrogen) atoms. The highest BCUT2D eigenvalue weighted by Crippen LogP contribution is 2.20. The second-order valence-electron chi connectivity index (χ2n) is 6.07. The first-order valence-corrected chi connectivity index (χ1v) is 10.3. The Morgan fingerprint density at radius 2 is 1.77 bits per heavy atom. The third-order valence-corrected chi connectivity index (χ3v) is 6.66. The maximum atomic E-state index is 12.7. The third-order valence-electron chi connectivity index (χ3n) is 4.21. The largest absolute Gasteiger partial charge is 0.323 e. The Hall–Kier alpha value is -1.91. The maximum Gasteiger partial charge on any atom is 0.323 e. The number of rotatable bonds is 3. The normalized spacial score (nSPS) is 15.9. The van der Waals surface area contributed by atoms with E-state index in [2.05, 4.69) is 26.3 Å². The topological polar surface area (TPSA) is 87.5 Å². The highest BCUT2D eigenvalue weighted by atomic mass is 79.9.